The fourth-order valence-corrected chi connectivity index (χ4v) is 5.25. The average Bonchev–Trinajstić information content (AvgIpc) is 3.88. The van der Waals surface area contributed by atoms with Crippen LogP contribution in [-0.2, 0) is 33.4 Å². The zero-order chi connectivity index (χ0) is 31.2. The van der Waals surface area contributed by atoms with E-state index in [0.29, 0.717) is 17.7 Å². The number of carbonyl (C=O) groups is 5. The summed E-state index contributed by atoms with van der Waals surface area (Å²) in [4.78, 5) is 65.8. The molecule has 3 N–H and O–H groups in total. The number of amides is 2. The fourth-order valence-electron chi connectivity index (χ4n) is 5.25. The number of ketones is 1. The number of aliphatic hydroxyl groups is 1. The first-order valence-corrected chi connectivity index (χ1v) is 13.7. The summed E-state index contributed by atoms with van der Waals surface area (Å²) in [6.45, 7) is 6.03. The number of epoxide rings is 1. The van der Waals surface area contributed by atoms with Crippen LogP contribution >= 0.6 is 0 Å². The third kappa shape index (κ3) is 5.90. The second kappa shape index (κ2) is 11.3. The highest BCUT2D eigenvalue weighted by Gasteiger charge is 2.59. The van der Waals surface area contributed by atoms with Gasteiger partial charge in [-0.3, -0.25) is 19.2 Å². The number of Topliss-reactive ketones (excluding diaryl/α,β-unsaturated/α-hetero) is 1. The molecule has 2 aromatic carbocycles. The molecule has 0 radical (unpaired) electrons. The molecule has 5 atom stereocenters. The molecule has 3 aliphatic rings. The normalized spacial score (nSPS) is 25.3. The van der Waals surface area contributed by atoms with Crippen molar-refractivity contribution in [3.8, 4) is 5.75 Å². The SMILES string of the molecule is COc1cc(C(=O)OC(C(=O)N/C(C(=O)NCC(C)=O)=C2/C(OC(C)=O)C(O)C3CN23)C2(C)CO2)c2cccc(C)c2c1. The third-order valence-corrected chi connectivity index (χ3v) is 7.72. The quantitative estimate of drug-likeness (QED) is 0.198. The van der Waals surface area contributed by atoms with Crippen LogP contribution in [0.4, 0.5) is 0 Å². The first kappa shape index (κ1) is 30.0. The van der Waals surface area contributed by atoms with Gasteiger partial charge in [0.2, 0.25) is 6.10 Å². The Balaban J connectivity index is 1.49. The molecular formula is C30H33N3O10. The lowest BCUT2D eigenvalue weighted by atomic mass is 9.99. The topological polar surface area (TPSA) is 173 Å². The van der Waals surface area contributed by atoms with E-state index in [4.69, 9.17) is 18.9 Å². The van der Waals surface area contributed by atoms with Crippen LogP contribution < -0.4 is 15.4 Å². The van der Waals surface area contributed by atoms with E-state index in [2.05, 4.69) is 10.6 Å². The van der Waals surface area contributed by atoms with Gasteiger partial charge >= 0.3 is 11.9 Å². The highest BCUT2D eigenvalue weighted by Crippen LogP contribution is 2.42. The summed E-state index contributed by atoms with van der Waals surface area (Å²) in [5.41, 5.74) is -0.395. The second-order valence-electron chi connectivity index (χ2n) is 11.1. The second-order valence-corrected chi connectivity index (χ2v) is 11.1. The number of aryl methyl sites for hydroxylation is 1. The highest BCUT2D eigenvalue weighted by atomic mass is 16.6. The summed E-state index contributed by atoms with van der Waals surface area (Å²) in [6, 6.07) is 8.33. The minimum atomic E-state index is -1.51. The number of piperidine rings is 1. The van der Waals surface area contributed by atoms with Gasteiger partial charge < -0.3 is 39.6 Å². The Bertz CT molecular complexity index is 1560. The number of rotatable bonds is 10. The van der Waals surface area contributed by atoms with Gasteiger partial charge in [-0.15, -0.1) is 0 Å². The summed E-state index contributed by atoms with van der Waals surface area (Å²) in [5, 5.41) is 17.0. The summed E-state index contributed by atoms with van der Waals surface area (Å²) >= 11 is 0. The monoisotopic (exact) mass is 595 g/mol. The number of nitrogens with zero attached hydrogens (tertiary/aromatic N) is 1. The molecule has 3 aliphatic heterocycles. The molecule has 3 fully saturated rings. The van der Waals surface area contributed by atoms with Crippen LogP contribution in [0.2, 0.25) is 0 Å². The van der Waals surface area contributed by atoms with Crippen molar-refractivity contribution in [2.45, 2.75) is 57.6 Å². The van der Waals surface area contributed by atoms with Gasteiger partial charge in [-0.25, -0.2) is 4.79 Å². The Kier molecular flexibility index (Phi) is 7.88. The van der Waals surface area contributed by atoms with Crippen LogP contribution in [0.1, 0.15) is 36.7 Å². The van der Waals surface area contributed by atoms with Crippen molar-refractivity contribution in [3.63, 3.8) is 0 Å². The first-order valence-electron chi connectivity index (χ1n) is 13.7. The molecule has 228 valence electrons. The minimum Gasteiger partial charge on any atom is -0.497 e. The Morgan fingerprint density at radius 3 is 2.51 bits per heavy atom. The van der Waals surface area contributed by atoms with Crippen LogP contribution in [-0.4, -0.2) is 96.3 Å². The smallest absolute Gasteiger partial charge is 0.339 e. The molecule has 3 saturated heterocycles. The van der Waals surface area contributed by atoms with Crippen molar-refractivity contribution in [2.75, 3.05) is 26.8 Å². The summed E-state index contributed by atoms with van der Waals surface area (Å²) < 4.78 is 22.0. The van der Waals surface area contributed by atoms with E-state index in [1.54, 1.807) is 30.0 Å². The van der Waals surface area contributed by atoms with Gasteiger partial charge in [0.15, 0.2) is 6.10 Å². The molecule has 3 heterocycles. The van der Waals surface area contributed by atoms with Crippen molar-refractivity contribution >= 4 is 40.3 Å². The molecule has 5 rings (SSSR count). The van der Waals surface area contributed by atoms with Crippen LogP contribution in [0.3, 0.4) is 0 Å². The van der Waals surface area contributed by atoms with Gasteiger partial charge in [-0.2, -0.15) is 0 Å². The molecular weight excluding hydrogens is 562 g/mol. The van der Waals surface area contributed by atoms with E-state index in [-0.39, 0.29) is 35.9 Å². The number of hydrogen-bond donors (Lipinski definition) is 3. The molecule has 2 aromatic rings. The minimum absolute atomic E-state index is 0.0725. The number of benzene rings is 2. The van der Waals surface area contributed by atoms with Crippen molar-refractivity contribution in [1.29, 1.82) is 0 Å². The maximum atomic E-state index is 13.8. The molecule has 13 heteroatoms. The van der Waals surface area contributed by atoms with Crippen molar-refractivity contribution in [3.05, 3.63) is 52.9 Å². The maximum Gasteiger partial charge on any atom is 0.339 e. The van der Waals surface area contributed by atoms with E-state index in [0.717, 1.165) is 17.9 Å². The van der Waals surface area contributed by atoms with Crippen LogP contribution in [0.5, 0.6) is 5.75 Å². The van der Waals surface area contributed by atoms with E-state index in [1.165, 1.54) is 20.1 Å². The average molecular weight is 596 g/mol. The largest absolute Gasteiger partial charge is 0.497 e. The summed E-state index contributed by atoms with van der Waals surface area (Å²) in [6.07, 6.45) is -3.89. The molecule has 13 nitrogen and oxygen atoms in total. The van der Waals surface area contributed by atoms with Gasteiger partial charge in [0.1, 0.15) is 28.9 Å². The van der Waals surface area contributed by atoms with Crippen LogP contribution in [0.15, 0.2) is 41.7 Å². The maximum absolute atomic E-state index is 13.8. The number of fused-ring (bicyclic) bond motifs is 2. The molecule has 0 aromatic heterocycles. The molecule has 0 saturated carbocycles. The standard InChI is InChI=1S/C30H33N3O10/c1-14-7-6-8-18-19(14)9-17(40-5)10-20(18)29(39)43-26(30(4)13-41-30)28(38)32-22(27(37)31-11-15(2)34)23-25(42-16(3)35)24(36)21-12-33(21)23/h6-10,21,24-26,36H,11-13H2,1-5H3,(H,31,37)(H,32,38)/b23-22-. The van der Waals surface area contributed by atoms with Gasteiger partial charge in [-0.1, -0.05) is 18.2 Å². The molecule has 0 spiro atoms. The van der Waals surface area contributed by atoms with Crippen molar-refractivity contribution in [1.82, 2.24) is 15.5 Å². The molecule has 43 heavy (non-hydrogen) atoms. The van der Waals surface area contributed by atoms with E-state index in [1.807, 2.05) is 13.0 Å². The molecule has 2 amide bonds. The van der Waals surface area contributed by atoms with E-state index >= 15 is 0 Å². The van der Waals surface area contributed by atoms with Gasteiger partial charge in [0, 0.05) is 13.5 Å². The number of methoxy groups -OCH3 is 1. The summed E-state index contributed by atoms with van der Waals surface area (Å²) in [5.74, 6) is -3.19. The number of hydrogen-bond acceptors (Lipinski definition) is 11. The molecule has 0 bridgehead atoms. The Hall–Kier alpha value is -4.49. The molecule has 0 aliphatic carbocycles. The van der Waals surface area contributed by atoms with Gasteiger partial charge in [0.05, 0.1) is 37.6 Å². The zero-order valence-electron chi connectivity index (χ0n) is 24.4. The lowest BCUT2D eigenvalue weighted by Gasteiger charge is -2.25. The van der Waals surface area contributed by atoms with Gasteiger partial charge in [0.25, 0.3) is 11.8 Å². The lowest BCUT2D eigenvalue weighted by molar-refractivity contribution is -0.148. The third-order valence-electron chi connectivity index (χ3n) is 7.72. The number of nitrogens with one attached hydrogen (secondary N) is 2. The van der Waals surface area contributed by atoms with Gasteiger partial charge in [-0.05, 0) is 49.2 Å². The van der Waals surface area contributed by atoms with Crippen molar-refractivity contribution < 1.29 is 48.0 Å². The first-order chi connectivity index (χ1) is 20.3. The number of carbonyl (C=O) groups excluding carboxylic acids is 5. The Morgan fingerprint density at radius 1 is 1.16 bits per heavy atom. The highest BCUT2D eigenvalue weighted by molar-refractivity contribution is 6.07. The number of ether oxygens (including phenoxy) is 4. The Labute approximate surface area is 247 Å². The zero-order valence-corrected chi connectivity index (χ0v) is 24.4. The van der Waals surface area contributed by atoms with Crippen molar-refractivity contribution in [2.24, 2.45) is 0 Å². The number of aliphatic hydroxyl groups excluding tert-OH is 1. The fraction of sp³-hybridized carbons (Fsp3) is 0.433. The Morgan fingerprint density at radius 2 is 1.88 bits per heavy atom. The van der Waals surface area contributed by atoms with Crippen LogP contribution in [0.25, 0.3) is 10.8 Å². The predicted octanol–water partition coefficient (Wildman–Crippen LogP) is 0.495. The molecule has 5 unspecified atom stereocenters. The lowest BCUT2D eigenvalue weighted by Crippen LogP contribution is -2.49. The van der Waals surface area contributed by atoms with E-state index < -0.39 is 53.7 Å². The van der Waals surface area contributed by atoms with E-state index in [9.17, 15) is 29.1 Å². The predicted molar refractivity (Wildman–Crippen MR) is 150 cm³/mol. The van der Waals surface area contributed by atoms with Crippen LogP contribution in [0, 0.1) is 6.92 Å². The number of esters is 2. The summed E-state index contributed by atoms with van der Waals surface area (Å²) in [7, 11) is 1.47.